The summed E-state index contributed by atoms with van der Waals surface area (Å²) in [6.45, 7) is 6.30. The van der Waals surface area contributed by atoms with Crippen molar-refractivity contribution < 1.29 is 9.59 Å². The highest BCUT2D eigenvalue weighted by Gasteiger charge is 2.78. The fraction of sp³-hybridized carbons (Fsp3) is 0.267. The van der Waals surface area contributed by atoms with Gasteiger partial charge in [-0.05, 0) is 42.2 Å². The first-order chi connectivity index (χ1) is 15.4. The predicted molar refractivity (Wildman–Crippen MR) is 126 cm³/mol. The number of Topliss-reactive ketones (excluding diaryl/α,β-unsaturated/α-hetero) is 1. The molecule has 0 aliphatic heterocycles. The number of hydrogen-bond donors (Lipinski definition) is 0. The summed E-state index contributed by atoms with van der Waals surface area (Å²) in [5, 5.41) is 0. The van der Waals surface area contributed by atoms with Gasteiger partial charge in [0, 0.05) is 16.7 Å². The van der Waals surface area contributed by atoms with Crippen molar-refractivity contribution >= 4 is 11.6 Å². The molecule has 0 N–H and O–H groups in total. The van der Waals surface area contributed by atoms with Crippen LogP contribution in [0.1, 0.15) is 48.9 Å². The van der Waals surface area contributed by atoms with Gasteiger partial charge in [-0.1, -0.05) is 97.4 Å². The first-order valence-corrected chi connectivity index (χ1v) is 11.4. The summed E-state index contributed by atoms with van der Waals surface area (Å²) in [4.78, 5) is 28.2. The Hall–Kier alpha value is -3.26. The van der Waals surface area contributed by atoms with E-state index in [-0.39, 0.29) is 17.5 Å². The first kappa shape index (κ1) is 19.4. The third kappa shape index (κ3) is 1.89. The van der Waals surface area contributed by atoms with E-state index < -0.39 is 22.2 Å². The Bertz CT molecular complexity index is 1300. The molecule has 32 heavy (non-hydrogen) atoms. The van der Waals surface area contributed by atoms with Crippen LogP contribution in [0.3, 0.4) is 0 Å². The van der Waals surface area contributed by atoms with Crippen molar-refractivity contribution in [1.29, 1.82) is 0 Å². The number of carbonyl (C=O) groups is 2. The number of allylic oxidation sites excluding steroid dienone is 2. The Morgan fingerprint density at radius 2 is 1.28 bits per heavy atom. The lowest BCUT2D eigenvalue weighted by molar-refractivity contribution is -0.129. The summed E-state index contributed by atoms with van der Waals surface area (Å²) >= 11 is 0. The molecule has 3 aromatic carbocycles. The third-order valence-electron chi connectivity index (χ3n) is 8.82. The van der Waals surface area contributed by atoms with Gasteiger partial charge in [0.15, 0.2) is 11.6 Å². The average molecular weight is 419 g/mol. The second-order valence-electron chi connectivity index (χ2n) is 10.0. The molecule has 1 saturated carbocycles. The lowest BCUT2D eigenvalue weighted by atomic mass is 9.40. The Morgan fingerprint density at radius 3 is 1.94 bits per heavy atom. The summed E-state index contributed by atoms with van der Waals surface area (Å²) in [6, 6.07) is 28.9. The van der Waals surface area contributed by atoms with Gasteiger partial charge in [-0.15, -0.1) is 0 Å². The van der Waals surface area contributed by atoms with Gasteiger partial charge in [-0.2, -0.15) is 0 Å². The van der Waals surface area contributed by atoms with E-state index >= 15 is 0 Å². The number of benzene rings is 3. The third-order valence-corrected chi connectivity index (χ3v) is 8.82. The van der Waals surface area contributed by atoms with Crippen molar-refractivity contribution in [3.63, 3.8) is 0 Å². The zero-order chi connectivity index (χ0) is 22.3. The summed E-state index contributed by atoms with van der Waals surface area (Å²) < 4.78 is 0. The van der Waals surface area contributed by atoms with E-state index in [1.165, 1.54) is 5.56 Å². The van der Waals surface area contributed by atoms with Gasteiger partial charge < -0.3 is 0 Å². The van der Waals surface area contributed by atoms with Crippen LogP contribution in [0, 0.1) is 11.3 Å². The standard InChI is InChI=1S/C30H26O2/c1-19-18-24(31)26-28(2)22-16-10-11-17-23(22)30(19,21-14-8-5-9-15-21)29(26,3)25(27(28)32)20-12-6-4-7-13-20/h4-18,25-26H,1-3H3/t25-,26-,28+,29+,30+/m0/s1. The maximum Gasteiger partial charge on any atom is 0.160 e. The molecule has 0 heterocycles. The summed E-state index contributed by atoms with van der Waals surface area (Å²) in [5.41, 5.74) is 3.33. The number of rotatable bonds is 2. The summed E-state index contributed by atoms with van der Waals surface area (Å²) in [5.74, 6) is -0.538. The van der Waals surface area contributed by atoms with Gasteiger partial charge in [0.25, 0.3) is 0 Å². The van der Waals surface area contributed by atoms with Crippen LogP contribution in [0.2, 0.25) is 0 Å². The molecule has 158 valence electrons. The topological polar surface area (TPSA) is 34.1 Å². The van der Waals surface area contributed by atoms with Crippen molar-refractivity contribution in [2.24, 2.45) is 11.3 Å². The van der Waals surface area contributed by atoms with Crippen LogP contribution in [-0.4, -0.2) is 11.6 Å². The van der Waals surface area contributed by atoms with E-state index in [9.17, 15) is 9.59 Å². The van der Waals surface area contributed by atoms with Crippen molar-refractivity contribution in [2.45, 2.75) is 37.5 Å². The van der Waals surface area contributed by atoms with E-state index in [0.717, 1.165) is 22.3 Å². The molecular formula is C30H26O2. The molecule has 3 aromatic rings. The molecule has 2 nitrogen and oxygen atoms in total. The van der Waals surface area contributed by atoms with E-state index in [4.69, 9.17) is 0 Å². The number of carbonyl (C=O) groups excluding carboxylic acids is 2. The molecule has 6 rings (SSSR count). The minimum Gasteiger partial charge on any atom is -0.298 e. The second kappa shape index (κ2) is 6.16. The molecule has 0 spiro atoms. The fourth-order valence-electron chi connectivity index (χ4n) is 7.90. The molecule has 3 aliphatic rings. The molecule has 0 unspecified atom stereocenters. The number of hydrogen-bond acceptors (Lipinski definition) is 2. The molecule has 0 aromatic heterocycles. The zero-order valence-corrected chi connectivity index (χ0v) is 18.6. The van der Waals surface area contributed by atoms with Gasteiger partial charge in [0.05, 0.1) is 11.3 Å². The highest BCUT2D eigenvalue weighted by atomic mass is 16.1. The van der Waals surface area contributed by atoms with Crippen LogP contribution in [0.4, 0.5) is 0 Å². The van der Waals surface area contributed by atoms with Crippen molar-refractivity contribution in [1.82, 2.24) is 0 Å². The molecule has 2 heteroatoms. The van der Waals surface area contributed by atoms with Crippen LogP contribution in [0.25, 0.3) is 0 Å². The second-order valence-corrected chi connectivity index (χ2v) is 10.0. The fourth-order valence-corrected chi connectivity index (χ4v) is 7.90. The highest BCUT2D eigenvalue weighted by Crippen LogP contribution is 2.75. The molecular weight excluding hydrogens is 392 g/mol. The Balaban J connectivity index is 1.84. The van der Waals surface area contributed by atoms with Crippen LogP contribution in [0.5, 0.6) is 0 Å². The van der Waals surface area contributed by atoms with Gasteiger partial charge in [-0.3, -0.25) is 9.59 Å². The van der Waals surface area contributed by atoms with Crippen LogP contribution in [0.15, 0.2) is 96.6 Å². The zero-order valence-electron chi connectivity index (χ0n) is 18.6. The highest BCUT2D eigenvalue weighted by molar-refractivity contribution is 6.11. The summed E-state index contributed by atoms with van der Waals surface area (Å²) in [7, 11) is 0. The maximum absolute atomic E-state index is 14.5. The van der Waals surface area contributed by atoms with Crippen LogP contribution in [-0.2, 0) is 20.4 Å². The molecule has 0 saturated heterocycles. The minimum absolute atomic E-state index is 0.0836. The van der Waals surface area contributed by atoms with Crippen LogP contribution < -0.4 is 0 Å². The van der Waals surface area contributed by atoms with Crippen LogP contribution >= 0.6 is 0 Å². The maximum atomic E-state index is 14.5. The van der Waals surface area contributed by atoms with Gasteiger partial charge in [0.1, 0.15) is 0 Å². The Labute approximate surface area is 189 Å². The lowest BCUT2D eigenvalue weighted by Crippen LogP contribution is -2.61. The molecule has 0 amide bonds. The monoisotopic (exact) mass is 418 g/mol. The Morgan fingerprint density at radius 1 is 0.719 bits per heavy atom. The Kier molecular flexibility index (Phi) is 3.74. The molecule has 4 bridgehead atoms. The van der Waals surface area contributed by atoms with Gasteiger partial charge >= 0.3 is 0 Å². The lowest BCUT2D eigenvalue weighted by Gasteiger charge is -2.60. The largest absolute Gasteiger partial charge is 0.298 e. The van der Waals surface area contributed by atoms with Gasteiger partial charge in [-0.25, -0.2) is 0 Å². The predicted octanol–water partition coefficient (Wildman–Crippen LogP) is 5.76. The summed E-state index contributed by atoms with van der Waals surface area (Å²) in [6.07, 6.45) is 1.83. The molecule has 0 radical (unpaired) electrons. The van der Waals surface area contributed by atoms with E-state index in [2.05, 4.69) is 68.4 Å². The molecule has 3 aliphatic carbocycles. The molecule has 5 atom stereocenters. The normalized spacial score (nSPS) is 34.8. The smallest absolute Gasteiger partial charge is 0.160 e. The van der Waals surface area contributed by atoms with Crippen molar-refractivity contribution in [3.05, 3.63) is 119 Å². The van der Waals surface area contributed by atoms with E-state index in [1.807, 2.05) is 43.3 Å². The van der Waals surface area contributed by atoms with E-state index in [0.29, 0.717) is 0 Å². The number of fused-ring (bicyclic) bond motifs is 3. The van der Waals surface area contributed by atoms with Crippen molar-refractivity contribution in [2.75, 3.05) is 0 Å². The van der Waals surface area contributed by atoms with Crippen molar-refractivity contribution in [3.8, 4) is 0 Å². The quantitative estimate of drug-likeness (QED) is 0.530. The molecule has 1 fully saturated rings. The first-order valence-electron chi connectivity index (χ1n) is 11.4. The van der Waals surface area contributed by atoms with E-state index in [1.54, 1.807) is 0 Å². The SMILES string of the molecule is CC1=CC(=O)[C@@H]2[C@@]3(C)[C@@H](c4ccccc4)C(=O)[C@]2(C)c2ccccc2[C@]13c1ccccc1. The number of ketones is 2. The average Bonchev–Trinajstić information content (AvgIpc) is 2.96. The van der Waals surface area contributed by atoms with Gasteiger partial charge in [0.2, 0.25) is 0 Å². The minimum atomic E-state index is -0.849.